The maximum absolute atomic E-state index is 14.5. The van der Waals surface area contributed by atoms with Gasteiger partial charge in [-0.05, 0) is 138 Å². The average molecular weight is 627 g/mol. The van der Waals surface area contributed by atoms with Crippen LogP contribution < -0.4 is 9.64 Å². The second-order valence-corrected chi connectivity index (χ2v) is 15.5. The summed E-state index contributed by atoms with van der Waals surface area (Å²) in [5.41, 5.74) is 5.57. The van der Waals surface area contributed by atoms with Crippen LogP contribution in [0.1, 0.15) is 103 Å². The van der Waals surface area contributed by atoms with Crippen molar-refractivity contribution in [3.05, 3.63) is 60.0 Å². The molecule has 7 rings (SSSR count). The number of methoxy groups -OCH3 is 1. The summed E-state index contributed by atoms with van der Waals surface area (Å²) in [6, 6.07) is 10.7. The Morgan fingerprint density at radius 2 is 1.70 bits per heavy atom. The number of ether oxygens (including phenoxy) is 1. The van der Waals surface area contributed by atoms with Crippen molar-refractivity contribution in [3.63, 3.8) is 0 Å². The van der Waals surface area contributed by atoms with Crippen molar-refractivity contribution < 1.29 is 19.4 Å². The molecule has 0 radical (unpaired) electrons. The molecule has 1 N–H and O–H groups in total. The van der Waals surface area contributed by atoms with E-state index in [9.17, 15) is 14.7 Å². The van der Waals surface area contributed by atoms with Crippen molar-refractivity contribution in [1.29, 1.82) is 0 Å². The van der Waals surface area contributed by atoms with E-state index < -0.39 is 5.97 Å². The van der Waals surface area contributed by atoms with Crippen LogP contribution in [0.15, 0.2) is 48.9 Å². The molecule has 3 aromatic rings. The highest BCUT2D eigenvalue weighted by atomic mass is 16.5. The molecule has 1 aromatic carbocycles. The van der Waals surface area contributed by atoms with Gasteiger partial charge in [-0.2, -0.15) is 5.10 Å². The van der Waals surface area contributed by atoms with Crippen molar-refractivity contribution in [2.75, 3.05) is 18.6 Å². The maximum atomic E-state index is 14.5. The number of anilines is 1. The van der Waals surface area contributed by atoms with Gasteiger partial charge in [0.25, 0.3) is 0 Å². The summed E-state index contributed by atoms with van der Waals surface area (Å²) in [6.07, 6.45) is 15.9. The summed E-state index contributed by atoms with van der Waals surface area (Å²) in [6.45, 7) is 9.21. The highest BCUT2D eigenvalue weighted by Crippen LogP contribution is 2.58. The molecule has 8 heteroatoms. The molecular formula is C38H50N4O4. The molecule has 4 fully saturated rings. The smallest absolute Gasteiger partial charge is 0.303 e. The lowest BCUT2D eigenvalue weighted by Crippen LogP contribution is -2.51. The average Bonchev–Trinajstić information content (AvgIpc) is 3.56. The zero-order valence-corrected chi connectivity index (χ0v) is 28.2. The number of pyridine rings is 1. The molecule has 4 aliphatic rings. The Morgan fingerprint density at radius 3 is 2.28 bits per heavy atom. The molecule has 2 heterocycles. The number of carboxylic acids is 1. The molecule has 4 aliphatic carbocycles. The molecule has 0 spiro atoms. The van der Waals surface area contributed by atoms with Crippen LogP contribution in [0.2, 0.25) is 0 Å². The number of aryl methyl sites for hydroxylation is 1. The van der Waals surface area contributed by atoms with Crippen LogP contribution in [-0.2, 0) is 20.5 Å². The predicted octanol–water partition coefficient (Wildman–Crippen LogP) is 7.92. The van der Waals surface area contributed by atoms with E-state index in [1.807, 2.05) is 17.1 Å². The number of rotatable bonds is 9. The molecule has 4 saturated carbocycles. The van der Waals surface area contributed by atoms with Crippen molar-refractivity contribution >= 4 is 17.6 Å². The van der Waals surface area contributed by atoms with Crippen molar-refractivity contribution in [2.45, 2.75) is 109 Å². The number of carboxylic acid groups (broad SMARTS) is 1. The Kier molecular flexibility index (Phi) is 8.77. The monoisotopic (exact) mass is 626 g/mol. The zero-order chi connectivity index (χ0) is 32.7. The topological polar surface area (TPSA) is 97.6 Å². The van der Waals surface area contributed by atoms with Gasteiger partial charge in [0.05, 0.1) is 18.8 Å². The number of amides is 1. The van der Waals surface area contributed by atoms with Gasteiger partial charge in [0.1, 0.15) is 0 Å². The van der Waals surface area contributed by atoms with E-state index in [2.05, 4.69) is 79.2 Å². The van der Waals surface area contributed by atoms with E-state index in [1.54, 1.807) is 7.11 Å². The highest BCUT2D eigenvalue weighted by molar-refractivity contribution is 5.96. The summed E-state index contributed by atoms with van der Waals surface area (Å²) >= 11 is 0. The van der Waals surface area contributed by atoms with Crippen LogP contribution in [-0.4, -0.2) is 45.4 Å². The Balaban J connectivity index is 1.26. The second kappa shape index (κ2) is 12.5. The first-order valence-electron chi connectivity index (χ1n) is 17.1. The number of nitrogens with zero attached hydrogens (tertiary/aromatic N) is 4. The van der Waals surface area contributed by atoms with E-state index in [0.29, 0.717) is 5.88 Å². The zero-order valence-electron chi connectivity index (χ0n) is 28.2. The lowest BCUT2D eigenvalue weighted by Gasteiger charge is -2.55. The fraction of sp³-hybridized carbons (Fsp3) is 0.579. The van der Waals surface area contributed by atoms with Gasteiger partial charge in [-0.15, -0.1) is 0 Å². The molecule has 246 valence electrons. The second-order valence-electron chi connectivity index (χ2n) is 15.5. The summed E-state index contributed by atoms with van der Waals surface area (Å²) < 4.78 is 7.42. The van der Waals surface area contributed by atoms with Gasteiger partial charge in [-0.1, -0.05) is 12.1 Å². The Labute approximate surface area is 273 Å². The van der Waals surface area contributed by atoms with E-state index in [1.165, 1.54) is 5.56 Å². The lowest BCUT2D eigenvalue weighted by atomic mass is 9.52. The first-order chi connectivity index (χ1) is 21.9. The molecule has 8 nitrogen and oxygen atoms in total. The molecular weight excluding hydrogens is 576 g/mol. The highest BCUT2D eigenvalue weighted by Gasteiger charge is 2.51. The fourth-order valence-electron chi connectivity index (χ4n) is 8.40. The SMILES string of the molecule is COc1ncc(C23CCC(CN(C(=O)C4CCC(CC(=O)O)CC4)c4cccc(-c5cnn(C(C)(C)C)c5)c4)(CC2)CC3)cc1C. The van der Waals surface area contributed by atoms with Gasteiger partial charge in [0.15, 0.2) is 0 Å². The minimum atomic E-state index is -0.742. The third-order valence-corrected chi connectivity index (χ3v) is 11.4. The number of aliphatic carboxylic acids is 1. The standard InChI is InChI=1S/C38H50N4O4/c1-26-19-31(23-39-34(26)46-5)38-16-13-37(14-17-38,15-18-38)25-41(35(45)28-11-9-27(10-12-28)20-33(43)44)32-8-6-7-29(21-32)30-22-40-42(24-30)36(2,3)4/h6-8,19,21-24,27-28H,9-18,20,25H2,1-5H3,(H,43,44). The molecule has 1 amide bonds. The van der Waals surface area contributed by atoms with Gasteiger partial charge < -0.3 is 14.7 Å². The maximum Gasteiger partial charge on any atom is 0.303 e. The third-order valence-electron chi connectivity index (χ3n) is 11.4. The lowest BCUT2D eigenvalue weighted by molar-refractivity contribution is -0.138. The van der Waals surface area contributed by atoms with Crippen LogP contribution in [0.25, 0.3) is 11.1 Å². The van der Waals surface area contributed by atoms with Gasteiger partial charge >= 0.3 is 5.97 Å². The third kappa shape index (κ3) is 6.45. The van der Waals surface area contributed by atoms with E-state index in [0.717, 1.165) is 93.1 Å². The molecule has 0 aliphatic heterocycles. The molecule has 46 heavy (non-hydrogen) atoms. The molecule has 2 aromatic heterocycles. The minimum absolute atomic E-state index is 0.0756. The van der Waals surface area contributed by atoms with Crippen LogP contribution in [0.4, 0.5) is 5.69 Å². The first-order valence-corrected chi connectivity index (χ1v) is 17.1. The normalized spacial score (nSPS) is 26.1. The number of hydrogen-bond donors (Lipinski definition) is 1. The number of benzene rings is 1. The van der Waals surface area contributed by atoms with E-state index in [4.69, 9.17) is 4.74 Å². The Morgan fingerprint density at radius 1 is 1.00 bits per heavy atom. The largest absolute Gasteiger partial charge is 0.481 e. The van der Waals surface area contributed by atoms with Gasteiger partial charge in [-0.3, -0.25) is 14.3 Å². The van der Waals surface area contributed by atoms with Gasteiger partial charge in [0.2, 0.25) is 11.8 Å². The predicted molar refractivity (Wildman–Crippen MR) is 180 cm³/mol. The molecule has 2 bridgehead atoms. The fourth-order valence-corrected chi connectivity index (χ4v) is 8.40. The van der Waals surface area contributed by atoms with Crippen LogP contribution in [0.3, 0.4) is 0 Å². The van der Waals surface area contributed by atoms with E-state index >= 15 is 0 Å². The quantitative estimate of drug-likeness (QED) is 0.259. The number of aromatic nitrogens is 3. The van der Waals surface area contributed by atoms with Crippen molar-refractivity contribution in [2.24, 2.45) is 17.3 Å². The van der Waals surface area contributed by atoms with Crippen LogP contribution in [0, 0.1) is 24.2 Å². The molecule has 0 unspecified atom stereocenters. The van der Waals surface area contributed by atoms with Gasteiger partial charge in [-0.25, -0.2) is 4.98 Å². The van der Waals surface area contributed by atoms with E-state index in [-0.39, 0.29) is 40.5 Å². The summed E-state index contributed by atoms with van der Waals surface area (Å²) in [5, 5.41) is 14.0. The van der Waals surface area contributed by atoms with Crippen LogP contribution in [0.5, 0.6) is 5.88 Å². The van der Waals surface area contributed by atoms with Crippen molar-refractivity contribution in [3.8, 4) is 17.0 Å². The summed E-state index contributed by atoms with van der Waals surface area (Å²) in [4.78, 5) is 32.6. The number of carbonyl (C=O) groups is 2. The Hall–Kier alpha value is -3.68. The molecule has 0 saturated heterocycles. The van der Waals surface area contributed by atoms with Crippen molar-refractivity contribution in [1.82, 2.24) is 14.8 Å². The number of fused-ring (bicyclic) bond motifs is 3. The number of hydrogen-bond acceptors (Lipinski definition) is 5. The van der Waals surface area contributed by atoms with Gasteiger partial charge in [0, 0.05) is 48.1 Å². The number of carbonyl (C=O) groups excluding carboxylic acids is 1. The first kappa shape index (κ1) is 32.3. The minimum Gasteiger partial charge on any atom is -0.481 e. The summed E-state index contributed by atoms with van der Waals surface area (Å²) in [7, 11) is 1.67. The summed E-state index contributed by atoms with van der Waals surface area (Å²) in [5.74, 6) is 0.238. The molecule has 0 atom stereocenters. The van der Waals surface area contributed by atoms with Crippen LogP contribution >= 0.6 is 0 Å². The Bertz CT molecular complexity index is 1550.